The Labute approximate surface area is 126 Å². The largest absolute Gasteiger partial charge is 0.437 e. The smallest absolute Gasteiger partial charge is 0.376 e. The van der Waals surface area contributed by atoms with Crippen LogP contribution in [0.5, 0.6) is 0 Å². The van der Waals surface area contributed by atoms with Crippen LogP contribution >= 0.6 is 0 Å². The molecule has 2 aromatic carbocycles. The summed E-state index contributed by atoms with van der Waals surface area (Å²) in [5, 5.41) is 23.1. The Kier molecular flexibility index (Phi) is 3.78. The molecule has 110 valence electrons. The minimum atomic E-state index is -0.793. The molecular formula is C17H22BNO2. The maximum Gasteiger partial charge on any atom is 0.376 e. The van der Waals surface area contributed by atoms with Crippen molar-refractivity contribution in [3.05, 3.63) is 47.5 Å². The Morgan fingerprint density at radius 1 is 1.14 bits per heavy atom. The van der Waals surface area contributed by atoms with Crippen LogP contribution in [0.15, 0.2) is 36.4 Å². The lowest BCUT2D eigenvalue weighted by atomic mass is 9.76. The number of nitrogens with zero attached hydrogens (tertiary/aromatic N) is 1. The highest BCUT2D eigenvalue weighted by atomic mass is 16.3. The Balaban J connectivity index is 1.98. The van der Waals surface area contributed by atoms with Crippen LogP contribution in [0.1, 0.15) is 24.0 Å². The molecule has 0 aromatic heterocycles. The summed E-state index contributed by atoms with van der Waals surface area (Å²) < 4.78 is 0. The average Bonchev–Trinajstić information content (AvgIpc) is 2.47. The van der Waals surface area contributed by atoms with Gasteiger partial charge in [0.1, 0.15) is 0 Å². The molecule has 2 N–H and O–H groups in total. The van der Waals surface area contributed by atoms with Crippen molar-refractivity contribution in [1.82, 2.24) is 4.81 Å². The maximum absolute atomic E-state index is 11.1. The predicted octanol–water partition coefficient (Wildman–Crippen LogP) is 2.54. The van der Waals surface area contributed by atoms with Gasteiger partial charge in [-0.25, -0.2) is 0 Å². The first kappa shape index (κ1) is 14.6. The minimum absolute atomic E-state index is 0.440. The number of fused-ring (bicyclic) bond motifs is 1. The summed E-state index contributed by atoms with van der Waals surface area (Å²) in [6.45, 7) is 5.30. The molecule has 0 radical (unpaired) electrons. The van der Waals surface area contributed by atoms with Crippen LogP contribution in [0.25, 0.3) is 10.8 Å². The number of benzene rings is 2. The van der Waals surface area contributed by atoms with Crippen molar-refractivity contribution in [3.63, 3.8) is 0 Å². The summed E-state index contributed by atoms with van der Waals surface area (Å²) >= 11 is 0. The highest BCUT2D eigenvalue weighted by Gasteiger charge is 2.36. The van der Waals surface area contributed by atoms with Gasteiger partial charge in [-0.15, -0.1) is 0 Å². The monoisotopic (exact) mass is 283 g/mol. The fourth-order valence-corrected chi connectivity index (χ4v) is 3.33. The molecule has 0 bridgehead atoms. The quantitative estimate of drug-likeness (QED) is 0.832. The number of hydrogen-bond acceptors (Lipinski definition) is 3. The van der Waals surface area contributed by atoms with Gasteiger partial charge in [-0.2, -0.15) is 0 Å². The molecule has 3 rings (SSSR count). The van der Waals surface area contributed by atoms with Crippen molar-refractivity contribution in [2.75, 3.05) is 13.1 Å². The molecule has 1 aliphatic rings. The van der Waals surface area contributed by atoms with Crippen LogP contribution in [-0.4, -0.2) is 35.1 Å². The summed E-state index contributed by atoms with van der Waals surface area (Å²) in [5.41, 5.74) is 1.44. The summed E-state index contributed by atoms with van der Waals surface area (Å²) in [7, 11) is -0.440. The minimum Gasteiger partial charge on any atom is -0.437 e. The van der Waals surface area contributed by atoms with Gasteiger partial charge < -0.3 is 14.9 Å². The molecule has 1 heterocycles. The van der Waals surface area contributed by atoms with Gasteiger partial charge >= 0.3 is 7.05 Å². The van der Waals surface area contributed by atoms with Crippen molar-refractivity contribution in [2.24, 2.45) is 0 Å². The zero-order valence-corrected chi connectivity index (χ0v) is 12.7. The Morgan fingerprint density at radius 2 is 1.86 bits per heavy atom. The van der Waals surface area contributed by atoms with Crippen molar-refractivity contribution in [3.8, 4) is 0 Å². The molecule has 0 unspecified atom stereocenters. The summed E-state index contributed by atoms with van der Waals surface area (Å²) in [4.78, 5) is 2.00. The fourth-order valence-electron chi connectivity index (χ4n) is 3.33. The van der Waals surface area contributed by atoms with Gasteiger partial charge in [-0.05, 0) is 56.0 Å². The van der Waals surface area contributed by atoms with Crippen LogP contribution in [0.3, 0.4) is 0 Å². The third-order valence-electron chi connectivity index (χ3n) is 4.69. The van der Waals surface area contributed by atoms with E-state index >= 15 is 0 Å². The highest BCUT2D eigenvalue weighted by molar-refractivity contribution is 6.45. The summed E-state index contributed by atoms with van der Waals surface area (Å²) in [5.74, 6) is 0. The molecule has 1 saturated heterocycles. The highest BCUT2D eigenvalue weighted by Crippen LogP contribution is 2.37. The van der Waals surface area contributed by atoms with Crippen LogP contribution in [0, 0.1) is 6.92 Å². The molecule has 0 amide bonds. The SMILES string of the molecule is CB(O)N1CCC(O)(c2cccc3ccc(C)cc23)CC1. The molecule has 3 nitrogen and oxygen atoms in total. The van der Waals surface area contributed by atoms with E-state index in [-0.39, 0.29) is 0 Å². The number of aryl methyl sites for hydroxylation is 1. The zero-order valence-electron chi connectivity index (χ0n) is 12.7. The lowest BCUT2D eigenvalue weighted by Gasteiger charge is -2.39. The molecule has 2 aromatic rings. The van der Waals surface area contributed by atoms with Crippen molar-refractivity contribution >= 4 is 17.8 Å². The Bertz CT molecular complexity index is 648. The van der Waals surface area contributed by atoms with Gasteiger partial charge in [0.2, 0.25) is 0 Å². The van der Waals surface area contributed by atoms with E-state index in [0.29, 0.717) is 12.8 Å². The van der Waals surface area contributed by atoms with E-state index in [2.05, 4.69) is 31.2 Å². The number of aliphatic hydroxyl groups is 1. The van der Waals surface area contributed by atoms with Gasteiger partial charge in [0.15, 0.2) is 0 Å². The summed E-state index contributed by atoms with van der Waals surface area (Å²) in [6, 6.07) is 12.5. The summed E-state index contributed by atoms with van der Waals surface area (Å²) in [6.07, 6.45) is 1.32. The van der Waals surface area contributed by atoms with Gasteiger partial charge in [0.25, 0.3) is 0 Å². The van der Waals surface area contributed by atoms with E-state index in [9.17, 15) is 10.1 Å². The van der Waals surface area contributed by atoms with E-state index < -0.39 is 12.7 Å². The topological polar surface area (TPSA) is 43.7 Å². The van der Waals surface area contributed by atoms with E-state index in [0.717, 1.165) is 24.0 Å². The third-order valence-corrected chi connectivity index (χ3v) is 4.69. The number of hydrogen-bond donors (Lipinski definition) is 2. The Morgan fingerprint density at radius 3 is 2.52 bits per heavy atom. The molecule has 1 aliphatic heterocycles. The molecule has 4 heteroatoms. The van der Waals surface area contributed by atoms with Gasteiger partial charge in [0, 0.05) is 0 Å². The van der Waals surface area contributed by atoms with Crippen molar-refractivity contribution in [2.45, 2.75) is 32.2 Å². The van der Waals surface area contributed by atoms with Crippen LogP contribution in [0.2, 0.25) is 6.82 Å². The first-order valence-corrected chi connectivity index (χ1v) is 7.64. The van der Waals surface area contributed by atoms with E-state index in [1.165, 1.54) is 10.9 Å². The maximum atomic E-state index is 11.1. The third kappa shape index (κ3) is 2.71. The van der Waals surface area contributed by atoms with E-state index in [1.807, 2.05) is 16.9 Å². The van der Waals surface area contributed by atoms with E-state index in [4.69, 9.17) is 0 Å². The molecular weight excluding hydrogens is 261 g/mol. The van der Waals surface area contributed by atoms with Crippen molar-refractivity contribution < 1.29 is 10.1 Å². The second-order valence-electron chi connectivity index (χ2n) is 6.23. The zero-order chi connectivity index (χ0) is 15.0. The van der Waals surface area contributed by atoms with Crippen LogP contribution in [-0.2, 0) is 5.60 Å². The fraction of sp³-hybridized carbons (Fsp3) is 0.412. The Hall–Kier alpha value is -1.36. The van der Waals surface area contributed by atoms with Crippen molar-refractivity contribution in [1.29, 1.82) is 0 Å². The number of piperidine rings is 1. The average molecular weight is 283 g/mol. The first-order valence-electron chi connectivity index (χ1n) is 7.64. The second-order valence-corrected chi connectivity index (χ2v) is 6.23. The normalized spacial score (nSPS) is 18.9. The van der Waals surface area contributed by atoms with Gasteiger partial charge in [0.05, 0.1) is 5.60 Å². The van der Waals surface area contributed by atoms with Crippen LogP contribution in [0.4, 0.5) is 0 Å². The standard InChI is InChI=1S/C17H22BNO2/c1-13-6-7-14-4-3-5-16(15(14)12-13)17(20)8-10-19(11-9-17)18(2)21/h3-7,12,20-21H,8-11H2,1-2H3. The predicted molar refractivity (Wildman–Crippen MR) is 87.2 cm³/mol. The molecule has 0 aliphatic carbocycles. The van der Waals surface area contributed by atoms with E-state index in [1.54, 1.807) is 6.82 Å². The van der Waals surface area contributed by atoms with Crippen LogP contribution < -0.4 is 0 Å². The first-order chi connectivity index (χ1) is 9.99. The molecule has 0 saturated carbocycles. The molecule has 0 atom stereocenters. The molecule has 1 fully saturated rings. The molecule has 0 spiro atoms. The molecule has 21 heavy (non-hydrogen) atoms. The second kappa shape index (κ2) is 5.45. The lowest BCUT2D eigenvalue weighted by molar-refractivity contribution is -0.0114. The van der Waals surface area contributed by atoms with Gasteiger partial charge in [-0.1, -0.05) is 42.0 Å². The lowest BCUT2D eigenvalue weighted by Crippen LogP contribution is -2.48. The number of rotatable bonds is 2. The van der Waals surface area contributed by atoms with Gasteiger partial charge in [-0.3, -0.25) is 0 Å².